The molecular weight excluding hydrogens is 384 g/mol. The first kappa shape index (κ1) is 21.6. The summed E-state index contributed by atoms with van der Waals surface area (Å²) in [6.45, 7) is 4.43. The minimum Gasteiger partial charge on any atom is -0.492 e. The maximum Gasteiger partial charge on any atom is 0.321 e. The minimum atomic E-state index is -0.221. The van der Waals surface area contributed by atoms with Gasteiger partial charge in [0.25, 0.3) is 0 Å². The highest BCUT2D eigenvalue weighted by Gasteiger charge is 2.21. The van der Waals surface area contributed by atoms with E-state index in [0.717, 1.165) is 25.4 Å². The van der Waals surface area contributed by atoms with Crippen LogP contribution >= 0.6 is 0 Å². The predicted octanol–water partition coefficient (Wildman–Crippen LogP) is 2.50. The highest BCUT2D eigenvalue weighted by Crippen LogP contribution is 2.15. The lowest BCUT2D eigenvalue weighted by Crippen LogP contribution is -2.50. The largest absolute Gasteiger partial charge is 0.492 e. The molecule has 0 spiro atoms. The summed E-state index contributed by atoms with van der Waals surface area (Å²) >= 11 is 0. The number of ether oxygens (including phenoxy) is 2. The molecule has 0 aliphatic carbocycles. The second kappa shape index (κ2) is 11.2. The van der Waals surface area contributed by atoms with E-state index in [2.05, 4.69) is 15.5 Å². The van der Waals surface area contributed by atoms with E-state index in [1.807, 2.05) is 35.2 Å². The Labute approximate surface area is 176 Å². The Morgan fingerprint density at radius 2 is 1.53 bits per heavy atom. The molecule has 3 rings (SSSR count). The van der Waals surface area contributed by atoms with Crippen LogP contribution in [0.3, 0.4) is 0 Å². The van der Waals surface area contributed by atoms with E-state index >= 15 is 0 Å². The van der Waals surface area contributed by atoms with Crippen molar-refractivity contribution in [3.63, 3.8) is 0 Å². The van der Waals surface area contributed by atoms with Crippen molar-refractivity contribution in [2.24, 2.45) is 0 Å². The number of rotatable bonds is 8. The van der Waals surface area contributed by atoms with Crippen LogP contribution in [0.4, 0.5) is 16.2 Å². The highest BCUT2D eigenvalue weighted by molar-refractivity contribution is 5.93. The Bertz CT molecular complexity index is 806. The first-order valence-electron chi connectivity index (χ1n) is 9.99. The summed E-state index contributed by atoms with van der Waals surface area (Å²) in [7, 11) is 1.47. The summed E-state index contributed by atoms with van der Waals surface area (Å²) in [5, 5.41) is 5.62. The van der Waals surface area contributed by atoms with E-state index in [1.165, 1.54) is 7.11 Å². The van der Waals surface area contributed by atoms with Crippen LogP contribution in [0.25, 0.3) is 0 Å². The fraction of sp³-hybridized carbons (Fsp3) is 0.364. The summed E-state index contributed by atoms with van der Waals surface area (Å²) in [6.07, 6.45) is 0. The zero-order valence-electron chi connectivity index (χ0n) is 17.2. The third kappa shape index (κ3) is 6.75. The smallest absolute Gasteiger partial charge is 0.321 e. The lowest BCUT2D eigenvalue weighted by atomic mass is 10.2. The third-order valence-electron chi connectivity index (χ3n) is 4.77. The summed E-state index contributed by atoms with van der Waals surface area (Å²) in [6, 6.07) is 16.7. The standard InChI is InChI=1S/C22H28N4O4/c1-29-17-21(27)23-18-7-9-19(10-8-18)24-22(28)26-13-11-25(12-14-26)15-16-30-20-5-3-2-4-6-20/h2-10H,11-17H2,1H3,(H,23,27)(H,24,28). The molecule has 0 atom stereocenters. The second-order valence-electron chi connectivity index (χ2n) is 6.98. The molecule has 0 saturated carbocycles. The van der Waals surface area contributed by atoms with E-state index in [-0.39, 0.29) is 18.5 Å². The first-order chi connectivity index (χ1) is 14.6. The van der Waals surface area contributed by atoms with E-state index in [1.54, 1.807) is 24.3 Å². The van der Waals surface area contributed by atoms with Crippen molar-refractivity contribution >= 4 is 23.3 Å². The van der Waals surface area contributed by atoms with Crippen molar-refractivity contribution in [2.75, 3.05) is 63.7 Å². The number of urea groups is 1. The predicted molar refractivity (Wildman–Crippen MR) is 116 cm³/mol. The molecule has 3 amide bonds. The molecule has 0 aromatic heterocycles. The van der Waals surface area contributed by atoms with Gasteiger partial charge >= 0.3 is 6.03 Å². The lowest BCUT2D eigenvalue weighted by Gasteiger charge is -2.34. The molecule has 8 heteroatoms. The fourth-order valence-electron chi connectivity index (χ4n) is 3.15. The van der Waals surface area contributed by atoms with Crippen LogP contribution in [0.5, 0.6) is 5.75 Å². The quantitative estimate of drug-likeness (QED) is 0.696. The van der Waals surface area contributed by atoms with Crippen molar-refractivity contribution in [1.29, 1.82) is 0 Å². The van der Waals surface area contributed by atoms with Gasteiger partial charge in [-0.1, -0.05) is 18.2 Å². The SMILES string of the molecule is COCC(=O)Nc1ccc(NC(=O)N2CCN(CCOc3ccccc3)CC2)cc1. The molecule has 0 bridgehead atoms. The van der Waals surface area contributed by atoms with Gasteiger partial charge in [0, 0.05) is 51.2 Å². The van der Waals surface area contributed by atoms with Gasteiger partial charge in [0.2, 0.25) is 5.91 Å². The second-order valence-corrected chi connectivity index (χ2v) is 6.98. The van der Waals surface area contributed by atoms with Crippen molar-refractivity contribution in [2.45, 2.75) is 0 Å². The van der Waals surface area contributed by atoms with Crippen molar-refractivity contribution < 1.29 is 19.1 Å². The number of anilines is 2. The van der Waals surface area contributed by atoms with Crippen LogP contribution in [0.1, 0.15) is 0 Å². The van der Waals surface area contributed by atoms with Gasteiger partial charge in [-0.25, -0.2) is 4.79 Å². The minimum absolute atomic E-state index is 0.00282. The summed E-state index contributed by atoms with van der Waals surface area (Å²) in [5.41, 5.74) is 1.34. The Balaban J connectivity index is 1.37. The number of nitrogens with one attached hydrogen (secondary N) is 2. The molecule has 1 fully saturated rings. The number of benzene rings is 2. The molecule has 2 N–H and O–H groups in total. The highest BCUT2D eigenvalue weighted by atomic mass is 16.5. The number of carbonyl (C=O) groups is 2. The van der Waals surface area contributed by atoms with Crippen LogP contribution in [-0.2, 0) is 9.53 Å². The van der Waals surface area contributed by atoms with Crippen LogP contribution in [-0.4, -0.2) is 74.8 Å². The van der Waals surface area contributed by atoms with Gasteiger partial charge < -0.3 is 25.0 Å². The van der Waals surface area contributed by atoms with E-state index < -0.39 is 0 Å². The molecule has 1 heterocycles. The van der Waals surface area contributed by atoms with Gasteiger partial charge in [0.05, 0.1) is 0 Å². The van der Waals surface area contributed by atoms with Crippen LogP contribution in [0, 0.1) is 0 Å². The molecule has 8 nitrogen and oxygen atoms in total. The molecule has 0 unspecified atom stereocenters. The number of hydrogen-bond donors (Lipinski definition) is 2. The van der Waals surface area contributed by atoms with E-state index in [9.17, 15) is 9.59 Å². The average molecular weight is 412 g/mol. The van der Waals surface area contributed by atoms with Crippen LogP contribution in [0.2, 0.25) is 0 Å². The monoisotopic (exact) mass is 412 g/mol. The summed E-state index contributed by atoms with van der Waals surface area (Å²) in [5.74, 6) is 0.654. The third-order valence-corrected chi connectivity index (χ3v) is 4.77. The van der Waals surface area contributed by atoms with Crippen molar-refractivity contribution in [1.82, 2.24) is 9.80 Å². The fourth-order valence-corrected chi connectivity index (χ4v) is 3.15. The van der Waals surface area contributed by atoms with Crippen molar-refractivity contribution in [3.8, 4) is 5.75 Å². The van der Waals surface area contributed by atoms with Gasteiger partial charge in [0.15, 0.2) is 0 Å². The number of nitrogens with zero attached hydrogens (tertiary/aromatic N) is 2. The number of carbonyl (C=O) groups excluding carboxylic acids is 2. The first-order valence-corrected chi connectivity index (χ1v) is 9.99. The topological polar surface area (TPSA) is 83.1 Å². The van der Waals surface area contributed by atoms with Gasteiger partial charge in [-0.3, -0.25) is 9.69 Å². The van der Waals surface area contributed by atoms with Gasteiger partial charge in [-0.2, -0.15) is 0 Å². The zero-order valence-corrected chi connectivity index (χ0v) is 17.2. The van der Waals surface area contributed by atoms with Crippen LogP contribution < -0.4 is 15.4 Å². The molecule has 1 aliphatic rings. The van der Waals surface area contributed by atoms with E-state index in [4.69, 9.17) is 9.47 Å². The maximum atomic E-state index is 12.5. The lowest BCUT2D eigenvalue weighted by molar-refractivity contribution is -0.119. The Morgan fingerprint density at radius 3 is 2.17 bits per heavy atom. The number of para-hydroxylation sites is 1. The number of hydrogen-bond acceptors (Lipinski definition) is 5. The van der Waals surface area contributed by atoms with E-state index in [0.29, 0.717) is 31.1 Å². The maximum absolute atomic E-state index is 12.5. The Hall–Kier alpha value is -3.10. The average Bonchev–Trinajstić information content (AvgIpc) is 2.76. The molecule has 0 radical (unpaired) electrons. The van der Waals surface area contributed by atoms with Gasteiger partial charge in [-0.15, -0.1) is 0 Å². The Morgan fingerprint density at radius 1 is 0.900 bits per heavy atom. The zero-order chi connectivity index (χ0) is 21.2. The summed E-state index contributed by atoms with van der Waals surface area (Å²) in [4.78, 5) is 28.1. The van der Waals surface area contributed by atoms with Crippen LogP contribution in [0.15, 0.2) is 54.6 Å². The molecule has 30 heavy (non-hydrogen) atoms. The number of methoxy groups -OCH3 is 1. The van der Waals surface area contributed by atoms with Crippen molar-refractivity contribution in [3.05, 3.63) is 54.6 Å². The number of amides is 3. The Kier molecular flexibility index (Phi) is 8.05. The number of piperazine rings is 1. The normalized spacial score (nSPS) is 14.2. The molecule has 160 valence electrons. The molecule has 2 aromatic carbocycles. The molecule has 2 aromatic rings. The van der Waals surface area contributed by atoms with Gasteiger partial charge in [0.1, 0.15) is 19.0 Å². The molecule has 1 aliphatic heterocycles. The molecule has 1 saturated heterocycles. The molecular formula is C22H28N4O4. The van der Waals surface area contributed by atoms with Gasteiger partial charge in [-0.05, 0) is 36.4 Å². The summed E-state index contributed by atoms with van der Waals surface area (Å²) < 4.78 is 10.5.